The molecule has 1 saturated carbocycles. The monoisotopic (exact) mass is 344 g/mol. The first-order valence-electron chi connectivity index (χ1n) is 10.3. The minimum atomic E-state index is 0.343. The van der Waals surface area contributed by atoms with Crippen LogP contribution in [0.3, 0.4) is 0 Å². The molecule has 1 aliphatic heterocycles. The van der Waals surface area contributed by atoms with Gasteiger partial charge in [0.25, 0.3) is 0 Å². The molecule has 3 rings (SSSR count). The number of benzene rings is 1. The lowest BCUT2D eigenvalue weighted by Crippen LogP contribution is -2.39. The van der Waals surface area contributed by atoms with Gasteiger partial charge in [0.15, 0.2) is 0 Å². The van der Waals surface area contributed by atoms with Gasteiger partial charge in [-0.2, -0.15) is 0 Å². The van der Waals surface area contributed by atoms with Gasteiger partial charge in [-0.05, 0) is 77.0 Å². The van der Waals surface area contributed by atoms with E-state index < -0.39 is 0 Å². The second kappa shape index (κ2) is 9.05. The van der Waals surface area contributed by atoms with Gasteiger partial charge in [-0.15, -0.1) is 0 Å². The second-order valence-electron chi connectivity index (χ2n) is 8.35. The number of hydrogen-bond donors (Lipinski definition) is 0. The number of likely N-dealkylation sites (tertiary alicyclic amines) is 1. The summed E-state index contributed by atoms with van der Waals surface area (Å²) in [6.07, 6.45) is 10.6. The molecule has 0 bridgehead atoms. The number of nitrogens with zero attached hydrogens (tertiary/aromatic N) is 2. The molecule has 1 aliphatic carbocycles. The van der Waals surface area contributed by atoms with Crippen molar-refractivity contribution in [1.29, 1.82) is 0 Å². The summed E-state index contributed by atoms with van der Waals surface area (Å²) in [6.45, 7) is 5.73. The highest BCUT2D eigenvalue weighted by Gasteiger charge is 2.34. The van der Waals surface area contributed by atoms with Crippen LogP contribution in [0.1, 0.15) is 56.9 Å². The van der Waals surface area contributed by atoms with E-state index in [1.165, 1.54) is 70.1 Å². The molecular weight excluding hydrogens is 308 g/mol. The normalized spacial score (nSPS) is 20.9. The van der Waals surface area contributed by atoms with Gasteiger partial charge in [-0.25, -0.2) is 0 Å². The zero-order valence-corrected chi connectivity index (χ0v) is 16.3. The molecule has 0 spiro atoms. The van der Waals surface area contributed by atoms with Crippen LogP contribution >= 0.6 is 0 Å². The molecule has 0 radical (unpaired) electrons. The van der Waals surface area contributed by atoms with Crippen LogP contribution < -0.4 is 4.74 Å². The molecule has 140 valence electrons. The first-order valence-corrected chi connectivity index (χ1v) is 10.3. The van der Waals surface area contributed by atoms with E-state index in [-0.39, 0.29) is 0 Å². The van der Waals surface area contributed by atoms with Crippen molar-refractivity contribution in [2.24, 2.45) is 0 Å². The van der Waals surface area contributed by atoms with Crippen LogP contribution in [0.4, 0.5) is 0 Å². The van der Waals surface area contributed by atoms with Crippen molar-refractivity contribution < 1.29 is 4.74 Å². The zero-order valence-electron chi connectivity index (χ0n) is 16.3. The Hall–Kier alpha value is -1.06. The van der Waals surface area contributed by atoms with Crippen LogP contribution in [0.5, 0.6) is 5.75 Å². The van der Waals surface area contributed by atoms with Crippen molar-refractivity contribution >= 4 is 0 Å². The molecular formula is C22H36N2O. The average Bonchev–Trinajstić information content (AvgIpc) is 3.13. The third kappa shape index (κ3) is 5.21. The minimum absolute atomic E-state index is 0.343. The fourth-order valence-electron chi connectivity index (χ4n) is 4.76. The Kier molecular flexibility index (Phi) is 6.77. The van der Waals surface area contributed by atoms with Crippen LogP contribution in [-0.4, -0.2) is 56.7 Å². The summed E-state index contributed by atoms with van der Waals surface area (Å²) in [5.74, 6) is 1.03. The lowest BCUT2D eigenvalue weighted by Gasteiger charge is -2.40. The quantitative estimate of drug-likeness (QED) is 0.653. The van der Waals surface area contributed by atoms with E-state index in [0.29, 0.717) is 5.41 Å². The van der Waals surface area contributed by atoms with E-state index in [0.717, 1.165) is 25.3 Å². The molecule has 0 aromatic heterocycles. The molecule has 2 aliphatic rings. The predicted octanol–water partition coefficient (Wildman–Crippen LogP) is 4.31. The Morgan fingerprint density at radius 3 is 2.28 bits per heavy atom. The molecule has 3 nitrogen and oxygen atoms in total. The van der Waals surface area contributed by atoms with E-state index >= 15 is 0 Å². The largest absolute Gasteiger partial charge is 0.494 e. The van der Waals surface area contributed by atoms with Gasteiger partial charge in [0.1, 0.15) is 5.75 Å². The SMILES string of the molecule is CN(C)CC1(c2ccc(OCCCN3CCCC3)cc2)CCCCC1. The summed E-state index contributed by atoms with van der Waals surface area (Å²) in [5.41, 5.74) is 1.85. The molecule has 1 aromatic rings. The topological polar surface area (TPSA) is 15.7 Å². The second-order valence-corrected chi connectivity index (χ2v) is 8.35. The molecule has 1 heterocycles. The van der Waals surface area contributed by atoms with Gasteiger partial charge in [0.05, 0.1) is 6.61 Å². The van der Waals surface area contributed by atoms with Crippen LogP contribution in [0.2, 0.25) is 0 Å². The third-order valence-corrected chi connectivity index (χ3v) is 5.98. The number of ether oxygens (including phenoxy) is 1. The van der Waals surface area contributed by atoms with Crippen molar-refractivity contribution in [3.8, 4) is 5.75 Å². The van der Waals surface area contributed by atoms with E-state index in [1.54, 1.807) is 0 Å². The molecule has 3 heteroatoms. The molecule has 0 amide bonds. The Labute approximate surface area is 154 Å². The standard InChI is InChI=1S/C22H36N2O/c1-23(2)19-22(13-4-3-5-14-22)20-9-11-21(12-10-20)25-18-8-17-24-15-6-7-16-24/h9-12H,3-8,13-19H2,1-2H3. The summed E-state index contributed by atoms with van der Waals surface area (Å²) >= 11 is 0. The smallest absolute Gasteiger partial charge is 0.119 e. The molecule has 0 atom stereocenters. The summed E-state index contributed by atoms with van der Waals surface area (Å²) in [4.78, 5) is 4.91. The highest BCUT2D eigenvalue weighted by Crippen LogP contribution is 2.40. The maximum Gasteiger partial charge on any atom is 0.119 e. The van der Waals surface area contributed by atoms with Gasteiger partial charge in [0, 0.05) is 18.5 Å². The Morgan fingerprint density at radius 2 is 1.64 bits per heavy atom. The Bertz CT molecular complexity index is 499. The van der Waals surface area contributed by atoms with Gasteiger partial charge in [-0.1, -0.05) is 31.4 Å². The van der Waals surface area contributed by atoms with E-state index in [9.17, 15) is 0 Å². The van der Waals surface area contributed by atoms with E-state index in [4.69, 9.17) is 4.74 Å². The highest BCUT2D eigenvalue weighted by atomic mass is 16.5. The fraction of sp³-hybridized carbons (Fsp3) is 0.727. The molecule has 1 saturated heterocycles. The maximum absolute atomic E-state index is 5.99. The van der Waals surface area contributed by atoms with Crippen LogP contribution in [0.25, 0.3) is 0 Å². The fourth-order valence-corrected chi connectivity index (χ4v) is 4.76. The van der Waals surface area contributed by atoms with Crippen molar-refractivity contribution in [1.82, 2.24) is 9.80 Å². The summed E-state index contributed by atoms with van der Waals surface area (Å²) in [5, 5.41) is 0. The summed E-state index contributed by atoms with van der Waals surface area (Å²) in [7, 11) is 4.41. The minimum Gasteiger partial charge on any atom is -0.494 e. The molecule has 0 unspecified atom stereocenters. The first kappa shape index (κ1) is 18.7. The average molecular weight is 345 g/mol. The van der Waals surface area contributed by atoms with Crippen LogP contribution in [-0.2, 0) is 5.41 Å². The van der Waals surface area contributed by atoms with Crippen LogP contribution in [0.15, 0.2) is 24.3 Å². The van der Waals surface area contributed by atoms with Crippen molar-refractivity contribution in [2.75, 3.05) is 46.9 Å². The van der Waals surface area contributed by atoms with Gasteiger partial charge < -0.3 is 14.5 Å². The van der Waals surface area contributed by atoms with Crippen LogP contribution in [0, 0.1) is 0 Å². The third-order valence-electron chi connectivity index (χ3n) is 5.98. The molecule has 1 aromatic carbocycles. The van der Waals surface area contributed by atoms with Crippen molar-refractivity contribution in [3.63, 3.8) is 0 Å². The van der Waals surface area contributed by atoms with Gasteiger partial charge in [-0.3, -0.25) is 0 Å². The van der Waals surface area contributed by atoms with E-state index in [2.05, 4.69) is 48.2 Å². The van der Waals surface area contributed by atoms with Gasteiger partial charge >= 0.3 is 0 Å². The first-order chi connectivity index (χ1) is 12.2. The zero-order chi connectivity index (χ0) is 17.5. The molecule has 25 heavy (non-hydrogen) atoms. The maximum atomic E-state index is 5.99. The lowest BCUT2D eigenvalue weighted by molar-refractivity contribution is 0.215. The Morgan fingerprint density at radius 1 is 0.960 bits per heavy atom. The van der Waals surface area contributed by atoms with Crippen molar-refractivity contribution in [3.05, 3.63) is 29.8 Å². The lowest BCUT2D eigenvalue weighted by atomic mass is 9.69. The number of rotatable bonds is 8. The van der Waals surface area contributed by atoms with Crippen molar-refractivity contribution in [2.45, 2.75) is 56.8 Å². The summed E-state index contributed by atoms with van der Waals surface area (Å²) in [6, 6.07) is 9.03. The predicted molar refractivity (Wildman–Crippen MR) is 106 cm³/mol. The summed E-state index contributed by atoms with van der Waals surface area (Å²) < 4.78 is 5.99. The molecule has 2 fully saturated rings. The van der Waals surface area contributed by atoms with E-state index in [1.807, 2.05) is 0 Å². The molecule has 0 N–H and O–H groups in total. The number of hydrogen-bond acceptors (Lipinski definition) is 3. The Balaban J connectivity index is 1.52. The van der Waals surface area contributed by atoms with Gasteiger partial charge in [0.2, 0.25) is 0 Å². The number of likely N-dealkylation sites (N-methyl/N-ethyl adjacent to an activating group) is 1. The highest BCUT2D eigenvalue weighted by molar-refractivity contribution is 5.33.